The largest absolute Gasteiger partial charge is 0.411 e. The van der Waals surface area contributed by atoms with Crippen molar-refractivity contribution in [2.45, 2.75) is 18.7 Å². The van der Waals surface area contributed by atoms with Crippen LogP contribution in [0.4, 0.5) is 13.2 Å². The molecule has 92 valence electrons. The molecule has 0 amide bonds. The topological polar surface area (TPSA) is 29.5 Å². The third kappa shape index (κ3) is 4.69. The van der Waals surface area contributed by atoms with Crippen LogP contribution < -0.4 is 0 Å². The molecule has 1 aromatic rings. The second kappa shape index (κ2) is 5.86. The number of aliphatic hydroxyl groups excluding tert-OH is 1. The average molecular weight is 275 g/mol. The van der Waals surface area contributed by atoms with Crippen molar-refractivity contribution in [2.24, 2.45) is 0 Å². The fraction of sp³-hybridized carbons (Fsp3) is 0.556. The maximum absolute atomic E-state index is 11.7. The predicted octanol–water partition coefficient (Wildman–Crippen LogP) is 3.40. The maximum Gasteiger partial charge on any atom is 0.411 e. The van der Waals surface area contributed by atoms with Crippen molar-refractivity contribution in [3.05, 3.63) is 21.3 Å². The van der Waals surface area contributed by atoms with Crippen LogP contribution in [0.1, 0.15) is 17.4 Å². The fourth-order valence-corrected chi connectivity index (χ4v) is 2.26. The number of thiophene rings is 1. The zero-order valence-electron chi connectivity index (χ0n) is 8.13. The van der Waals surface area contributed by atoms with Gasteiger partial charge in [-0.05, 0) is 11.4 Å². The molecule has 0 spiro atoms. The minimum atomic E-state index is -4.33. The van der Waals surface area contributed by atoms with Gasteiger partial charge in [0.1, 0.15) is 6.61 Å². The van der Waals surface area contributed by atoms with E-state index in [2.05, 4.69) is 4.74 Å². The first-order valence-corrected chi connectivity index (χ1v) is 5.71. The van der Waals surface area contributed by atoms with Gasteiger partial charge < -0.3 is 9.84 Å². The second-order valence-electron chi connectivity index (χ2n) is 3.11. The highest BCUT2D eigenvalue weighted by Gasteiger charge is 2.27. The van der Waals surface area contributed by atoms with E-state index >= 15 is 0 Å². The Morgan fingerprint density at radius 2 is 2.19 bits per heavy atom. The van der Waals surface area contributed by atoms with Gasteiger partial charge in [0.25, 0.3) is 0 Å². The molecule has 1 rings (SSSR count). The van der Waals surface area contributed by atoms with Crippen molar-refractivity contribution in [1.82, 2.24) is 0 Å². The lowest BCUT2D eigenvalue weighted by atomic mass is 10.2. The van der Waals surface area contributed by atoms with E-state index < -0.39 is 18.9 Å². The molecule has 1 unspecified atom stereocenters. The SMILES string of the molecule is OC(CCOCC(F)(F)F)c1sccc1Cl. The molecule has 0 aliphatic heterocycles. The van der Waals surface area contributed by atoms with Gasteiger partial charge in [-0.3, -0.25) is 0 Å². The van der Waals surface area contributed by atoms with Crippen LogP contribution in [0.15, 0.2) is 11.4 Å². The minimum Gasteiger partial charge on any atom is -0.387 e. The highest BCUT2D eigenvalue weighted by molar-refractivity contribution is 7.10. The van der Waals surface area contributed by atoms with Gasteiger partial charge in [-0.15, -0.1) is 11.3 Å². The van der Waals surface area contributed by atoms with Crippen LogP contribution in [0.25, 0.3) is 0 Å². The Morgan fingerprint density at radius 3 is 2.69 bits per heavy atom. The molecule has 0 radical (unpaired) electrons. The van der Waals surface area contributed by atoms with E-state index in [1.807, 2.05) is 0 Å². The summed E-state index contributed by atoms with van der Waals surface area (Å²) in [4.78, 5) is 0.553. The van der Waals surface area contributed by atoms with Crippen LogP contribution >= 0.6 is 22.9 Å². The third-order valence-corrected chi connectivity index (χ3v) is 3.21. The van der Waals surface area contributed by atoms with Crippen LogP contribution in [0.3, 0.4) is 0 Å². The molecule has 1 atom stereocenters. The number of alkyl halides is 3. The van der Waals surface area contributed by atoms with Crippen molar-refractivity contribution in [3.63, 3.8) is 0 Å². The molecule has 0 bridgehead atoms. The van der Waals surface area contributed by atoms with Crippen molar-refractivity contribution in [3.8, 4) is 0 Å². The van der Waals surface area contributed by atoms with E-state index in [0.717, 1.165) is 0 Å². The summed E-state index contributed by atoms with van der Waals surface area (Å²) in [5.74, 6) is 0. The Hall–Kier alpha value is -0.300. The van der Waals surface area contributed by atoms with Crippen molar-refractivity contribution in [1.29, 1.82) is 0 Å². The number of hydrogen-bond acceptors (Lipinski definition) is 3. The van der Waals surface area contributed by atoms with Crippen LogP contribution in [-0.2, 0) is 4.74 Å². The molecule has 0 fully saturated rings. The molecule has 0 aliphatic rings. The number of ether oxygens (including phenoxy) is 1. The molecule has 2 nitrogen and oxygen atoms in total. The Kier molecular flexibility index (Phi) is 5.04. The van der Waals surface area contributed by atoms with E-state index in [-0.39, 0.29) is 13.0 Å². The Balaban J connectivity index is 2.26. The van der Waals surface area contributed by atoms with Crippen molar-refractivity contribution < 1.29 is 23.0 Å². The lowest BCUT2D eigenvalue weighted by Gasteiger charge is -2.11. The van der Waals surface area contributed by atoms with Gasteiger partial charge in [0.2, 0.25) is 0 Å². The fourth-order valence-electron chi connectivity index (χ4n) is 1.06. The average Bonchev–Trinajstić information content (AvgIpc) is 2.57. The summed E-state index contributed by atoms with van der Waals surface area (Å²) in [6.45, 7) is -1.45. The predicted molar refractivity (Wildman–Crippen MR) is 55.8 cm³/mol. The highest BCUT2D eigenvalue weighted by atomic mass is 35.5. The van der Waals surface area contributed by atoms with Gasteiger partial charge in [0, 0.05) is 13.0 Å². The number of halogens is 4. The highest BCUT2D eigenvalue weighted by Crippen LogP contribution is 2.30. The molecule has 0 aliphatic carbocycles. The summed E-state index contributed by atoms with van der Waals surface area (Å²) in [5.41, 5.74) is 0. The number of hydrogen-bond donors (Lipinski definition) is 1. The van der Waals surface area contributed by atoms with Gasteiger partial charge in [-0.2, -0.15) is 13.2 Å². The van der Waals surface area contributed by atoms with Crippen LogP contribution in [0.5, 0.6) is 0 Å². The first-order valence-electron chi connectivity index (χ1n) is 4.45. The number of rotatable bonds is 5. The molecule has 0 saturated heterocycles. The van der Waals surface area contributed by atoms with Gasteiger partial charge in [0.15, 0.2) is 0 Å². The molecule has 0 aromatic carbocycles. The normalized spacial score (nSPS) is 14.1. The van der Waals surface area contributed by atoms with E-state index in [4.69, 9.17) is 11.6 Å². The van der Waals surface area contributed by atoms with Gasteiger partial charge in [0.05, 0.1) is 16.0 Å². The second-order valence-corrected chi connectivity index (χ2v) is 4.46. The quantitative estimate of drug-likeness (QED) is 0.834. The van der Waals surface area contributed by atoms with Gasteiger partial charge in [-0.25, -0.2) is 0 Å². The van der Waals surface area contributed by atoms with Crippen LogP contribution in [0, 0.1) is 0 Å². The molecule has 1 aromatic heterocycles. The molecule has 7 heteroatoms. The molecular formula is C9H10ClF3O2S. The summed E-state index contributed by atoms with van der Waals surface area (Å²) in [7, 11) is 0. The monoisotopic (exact) mass is 274 g/mol. The standard InChI is InChI=1S/C9H10ClF3O2S/c10-6-2-4-16-8(6)7(14)1-3-15-5-9(11,12)13/h2,4,7,14H,1,3,5H2. The van der Waals surface area contributed by atoms with Gasteiger partial charge >= 0.3 is 6.18 Å². The van der Waals surface area contributed by atoms with E-state index in [0.29, 0.717) is 9.90 Å². The lowest BCUT2D eigenvalue weighted by molar-refractivity contribution is -0.175. The summed E-state index contributed by atoms with van der Waals surface area (Å²) >= 11 is 7.01. The molecular weight excluding hydrogens is 265 g/mol. The molecule has 16 heavy (non-hydrogen) atoms. The first kappa shape index (κ1) is 13.8. The summed E-state index contributed by atoms with van der Waals surface area (Å²) in [6.07, 6.45) is -5.11. The Morgan fingerprint density at radius 1 is 1.50 bits per heavy atom. The summed E-state index contributed by atoms with van der Waals surface area (Å²) in [5, 5.41) is 11.7. The molecule has 1 N–H and O–H groups in total. The van der Waals surface area contributed by atoms with E-state index in [1.54, 1.807) is 11.4 Å². The zero-order valence-corrected chi connectivity index (χ0v) is 9.70. The van der Waals surface area contributed by atoms with Crippen LogP contribution in [0.2, 0.25) is 5.02 Å². The zero-order chi connectivity index (χ0) is 12.2. The third-order valence-electron chi connectivity index (χ3n) is 1.75. The summed E-state index contributed by atoms with van der Waals surface area (Å²) < 4.78 is 39.5. The smallest absolute Gasteiger partial charge is 0.387 e. The van der Waals surface area contributed by atoms with Crippen LogP contribution in [-0.4, -0.2) is 24.5 Å². The number of aliphatic hydroxyl groups is 1. The summed E-state index contributed by atoms with van der Waals surface area (Å²) in [6, 6.07) is 1.63. The Labute approximate surface area is 99.6 Å². The van der Waals surface area contributed by atoms with E-state index in [1.165, 1.54) is 11.3 Å². The van der Waals surface area contributed by atoms with Gasteiger partial charge in [-0.1, -0.05) is 11.6 Å². The lowest BCUT2D eigenvalue weighted by Crippen LogP contribution is -2.18. The van der Waals surface area contributed by atoms with E-state index in [9.17, 15) is 18.3 Å². The maximum atomic E-state index is 11.7. The molecule has 0 saturated carbocycles. The first-order chi connectivity index (χ1) is 7.40. The van der Waals surface area contributed by atoms with Crippen molar-refractivity contribution >= 4 is 22.9 Å². The minimum absolute atomic E-state index is 0.0936. The van der Waals surface area contributed by atoms with Crippen molar-refractivity contribution in [2.75, 3.05) is 13.2 Å². The molecule has 1 heterocycles. The Bertz CT molecular complexity index is 327.